The molecule has 0 radical (unpaired) electrons. The molecule has 13 heavy (non-hydrogen) atoms. The van der Waals surface area contributed by atoms with E-state index in [1.807, 2.05) is 6.07 Å². The van der Waals surface area contributed by atoms with E-state index in [2.05, 4.69) is 13.2 Å². The van der Waals surface area contributed by atoms with Crippen molar-refractivity contribution in [1.29, 1.82) is 5.26 Å². The van der Waals surface area contributed by atoms with Gasteiger partial charge in [-0.1, -0.05) is 37.5 Å². The Labute approximate surface area is 77.6 Å². The van der Waals surface area contributed by atoms with Gasteiger partial charge in [0.2, 0.25) is 0 Å². The first-order valence-corrected chi connectivity index (χ1v) is 3.38. The normalized spacial score (nSPS) is 8.54. The zero-order chi connectivity index (χ0) is 10.5. The van der Waals surface area contributed by atoms with Crippen LogP contribution >= 0.6 is 0 Å². The predicted molar refractivity (Wildman–Crippen MR) is 51.9 cm³/mol. The highest BCUT2D eigenvalue weighted by Gasteiger charge is 1.73. The summed E-state index contributed by atoms with van der Waals surface area (Å²) in [5, 5.41) is 15.6. The standard InChI is InChI=1S/C7H7N.C3H4O2/c1-2-3-4-5-6-7-8;1-2-3(4)5/h2-6H,1H2;2H,1H2,(H,4,5). The number of carboxylic acid groups (broad SMARTS) is 1. The third-order valence-electron chi connectivity index (χ3n) is 0.704. The molecule has 0 bridgehead atoms. The van der Waals surface area contributed by atoms with Gasteiger partial charge in [-0.3, -0.25) is 0 Å². The first-order valence-electron chi connectivity index (χ1n) is 3.38. The Balaban J connectivity index is 0. The fourth-order valence-corrected chi connectivity index (χ4v) is 0.241. The topological polar surface area (TPSA) is 61.1 Å². The number of aliphatic carboxylic acids is 1. The summed E-state index contributed by atoms with van der Waals surface area (Å²) in [4.78, 5) is 9.25. The van der Waals surface area contributed by atoms with Crippen LogP contribution in [0.3, 0.4) is 0 Å². The van der Waals surface area contributed by atoms with Crippen molar-refractivity contribution in [1.82, 2.24) is 0 Å². The molecule has 0 heterocycles. The van der Waals surface area contributed by atoms with Crippen molar-refractivity contribution in [2.24, 2.45) is 0 Å². The number of rotatable bonds is 3. The van der Waals surface area contributed by atoms with Crippen molar-refractivity contribution < 1.29 is 9.90 Å². The maximum Gasteiger partial charge on any atom is 0.327 e. The van der Waals surface area contributed by atoms with E-state index in [0.717, 1.165) is 6.08 Å². The van der Waals surface area contributed by atoms with Crippen molar-refractivity contribution in [3.05, 3.63) is 49.6 Å². The molecule has 3 heteroatoms. The van der Waals surface area contributed by atoms with E-state index in [1.54, 1.807) is 24.3 Å². The van der Waals surface area contributed by atoms with Crippen LogP contribution in [-0.4, -0.2) is 11.1 Å². The molecule has 3 nitrogen and oxygen atoms in total. The van der Waals surface area contributed by atoms with Crippen molar-refractivity contribution in [2.75, 3.05) is 0 Å². The Hall–Kier alpha value is -2.08. The SMILES string of the molecule is C=CC(=O)O.C=CC=CC=CC#N. The maximum atomic E-state index is 9.25. The molecule has 0 atom stereocenters. The van der Waals surface area contributed by atoms with Gasteiger partial charge in [0.15, 0.2) is 0 Å². The van der Waals surface area contributed by atoms with Crippen molar-refractivity contribution in [3.63, 3.8) is 0 Å². The summed E-state index contributed by atoms with van der Waals surface area (Å²) in [5.41, 5.74) is 0. The molecule has 0 aliphatic rings. The number of nitrogens with zero attached hydrogens (tertiary/aromatic N) is 1. The van der Waals surface area contributed by atoms with E-state index in [9.17, 15) is 4.79 Å². The molecule has 0 fully saturated rings. The summed E-state index contributed by atoms with van der Waals surface area (Å²) in [7, 11) is 0. The van der Waals surface area contributed by atoms with Crippen LogP contribution in [-0.2, 0) is 4.79 Å². The van der Waals surface area contributed by atoms with Gasteiger partial charge in [-0.2, -0.15) is 5.26 Å². The van der Waals surface area contributed by atoms with Gasteiger partial charge >= 0.3 is 5.97 Å². The fraction of sp³-hybridized carbons (Fsp3) is 0. The van der Waals surface area contributed by atoms with Crippen LogP contribution in [0.4, 0.5) is 0 Å². The molecule has 68 valence electrons. The molecule has 0 aliphatic heterocycles. The third-order valence-corrected chi connectivity index (χ3v) is 0.704. The van der Waals surface area contributed by atoms with Gasteiger partial charge in [-0.15, -0.1) is 0 Å². The number of allylic oxidation sites excluding steroid dienone is 5. The monoisotopic (exact) mass is 177 g/mol. The van der Waals surface area contributed by atoms with Crippen LogP contribution in [0.5, 0.6) is 0 Å². The van der Waals surface area contributed by atoms with Crippen LogP contribution in [0.15, 0.2) is 49.6 Å². The van der Waals surface area contributed by atoms with Gasteiger partial charge in [-0.05, 0) is 0 Å². The third kappa shape index (κ3) is 25.7. The summed E-state index contributed by atoms with van der Waals surface area (Å²) in [6, 6.07) is 1.86. The summed E-state index contributed by atoms with van der Waals surface area (Å²) in [6.07, 6.45) is 9.05. The van der Waals surface area contributed by atoms with E-state index in [0.29, 0.717) is 0 Å². The number of hydrogen-bond donors (Lipinski definition) is 1. The summed E-state index contributed by atoms with van der Waals surface area (Å²) < 4.78 is 0. The second-order valence-corrected chi connectivity index (χ2v) is 1.65. The van der Waals surface area contributed by atoms with Crippen molar-refractivity contribution >= 4 is 5.97 Å². The van der Waals surface area contributed by atoms with E-state index < -0.39 is 5.97 Å². The first-order chi connectivity index (χ1) is 6.18. The molecule has 0 rings (SSSR count). The lowest BCUT2D eigenvalue weighted by Crippen LogP contribution is -1.82. The van der Waals surface area contributed by atoms with E-state index in [4.69, 9.17) is 10.4 Å². The van der Waals surface area contributed by atoms with Gasteiger partial charge in [-0.25, -0.2) is 4.79 Å². The van der Waals surface area contributed by atoms with Crippen LogP contribution < -0.4 is 0 Å². The average Bonchev–Trinajstić information content (AvgIpc) is 2.14. The zero-order valence-corrected chi connectivity index (χ0v) is 7.18. The molecule has 0 aromatic carbocycles. The number of carbonyl (C=O) groups is 1. The number of carboxylic acids is 1. The molecule has 0 amide bonds. The first kappa shape index (κ1) is 13.5. The van der Waals surface area contributed by atoms with Gasteiger partial charge < -0.3 is 5.11 Å². The molecule has 0 spiro atoms. The summed E-state index contributed by atoms with van der Waals surface area (Å²) in [5.74, 6) is -0.981. The van der Waals surface area contributed by atoms with Gasteiger partial charge in [0.1, 0.15) is 0 Å². The van der Waals surface area contributed by atoms with Crippen LogP contribution in [0.1, 0.15) is 0 Å². The molecule has 0 aromatic heterocycles. The lowest BCUT2D eigenvalue weighted by molar-refractivity contribution is -0.131. The smallest absolute Gasteiger partial charge is 0.327 e. The van der Waals surface area contributed by atoms with Gasteiger partial charge in [0, 0.05) is 12.2 Å². The van der Waals surface area contributed by atoms with Gasteiger partial charge in [0.25, 0.3) is 0 Å². The Morgan fingerprint density at radius 3 is 2.15 bits per heavy atom. The molecular weight excluding hydrogens is 166 g/mol. The lowest BCUT2D eigenvalue weighted by Gasteiger charge is -1.64. The highest BCUT2D eigenvalue weighted by molar-refractivity contribution is 5.78. The lowest BCUT2D eigenvalue weighted by atomic mass is 10.4. The molecule has 0 saturated carbocycles. The average molecular weight is 177 g/mol. The molecule has 0 aromatic rings. The minimum Gasteiger partial charge on any atom is -0.478 e. The minimum absolute atomic E-state index is 0.833. The van der Waals surface area contributed by atoms with E-state index >= 15 is 0 Å². The fourth-order valence-electron chi connectivity index (χ4n) is 0.241. The summed E-state index contributed by atoms with van der Waals surface area (Å²) >= 11 is 0. The quantitative estimate of drug-likeness (QED) is 0.407. The number of nitriles is 1. The van der Waals surface area contributed by atoms with E-state index in [-0.39, 0.29) is 0 Å². The maximum absolute atomic E-state index is 9.25. The molecular formula is C10H11NO2. The van der Waals surface area contributed by atoms with Crippen molar-refractivity contribution in [2.45, 2.75) is 0 Å². The molecule has 1 N–H and O–H groups in total. The second kappa shape index (κ2) is 12.6. The van der Waals surface area contributed by atoms with Crippen LogP contribution in [0.25, 0.3) is 0 Å². The largest absolute Gasteiger partial charge is 0.478 e. The van der Waals surface area contributed by atoms with Crippen molar-refractivity contribution in [3.8, 4) is 6.07 Å². The Bertz CT molecular complexity index is 257. The highest BCUT2D eigenvalue weighted by Crippen LogP contribution is 1.74. The molecule has 0 unspecified atom stereocenters. The second-order valence-electron chi connectivity index (χ2n) is 1.65. The summed E-state index contributed by atoms with van der Waals surface area (Å²) in [6.45, 7) is 6.42. The van der Waals surface area contributed by atoms with Crippen LogP contribution in [0, 0.1) is 11.3 Å². The van der Waals surface area contributed by atoms with E-state index in [1.165, 1.54) is 6.08 Å². The highest BCUT2D eigenvalue weighted by atomic mass is 16.4. The Morgan fingerprint density at radius 1 is 1.31 bits per heavy atom. The Morgan fingerprint density at radius 2 is 1.85 bits per heavy atom. The van der Waals surface area contributed by atoms with Crippen LogP contribution in [0.2, 0.25) is 0 Å². The Kier molecular flexibility index (Phi) is 13.1. The van der Waals surface area contributed by atoms with Gasteiger partial charge in [0.05, 0.1) is 6.07 Å². The minimum atomic E-state index is -0.981. The molecule has 0 aliphatic carbocycles. The zero-order valence-electron chi connectivity index (χ0n) is 7.18. The predicted octanol–water partition coefficient (Wildman–Crippen LogP) is 2.07. The molecule has 0 saturated heterocycles. The number of hydrogen-bond acceptors (Lipinski definition) is 2.